The first kappa shape index (κ1) is 54.6. The number of aliphatic hydroxyl groups excluding tert-OH is 2. The lowest BCUT2D eigenvalue weighted by Gasteiger charge is -2.29. The number of nitrogens with one attached hydrogen (secondary N) is 7. The molecule has 350 valence electrons. The molecule has 1 rings (SSSR count). The zero-order valence-electron chi connectivity index (χ0n) is 36.7. The first-order chi connectivity index (χ1) is 29.1. The molecule has 21 nitrogen and oxygen atoms in total. The molecule has 0 aliphatic carbocycles. The number of nitrogens with two attached hydrogens (primary N) is 2. The number of aliphatic carboxylic acids is 1. The number of hydrogen-bond donors (Lipinski definition) is 13. The van der Waals surface area contributed by atoms with Crippen molar-refractivity contribution in [3.8, 4) is 5.75 Å². The van der Waals surface area contributed by atoms with Crippen molar-refractivity contribution in [2.24, 2.45) is 29.2 Å². The van der Waals surface area contributed by atoms with E-state index in [1.165, 1.54) is 31.2 Å². The minimum Gasteiger partial charge on any atom is -0.508 e. The van der Waals surface area contributed by atoms with Gasteiger partial charge in [-0.05, 0) is 74.6 Å². The number of carbonyl (C=O) groups excluding carboxylic acids is 7. The van der Waals surface area contributed by atoms with Gasteiger partial charge in [-0.15, -0.1) is 0 Å². The summed E-state index contributed by atoms with van der Waals surface area (Å²) in [6.07, 6.45) is -0.279. The van der Waals surface area contributed by atoms with Crippen molar-refractivity contribution in [2.45, 2.75) is 135 Å². The molecule has 0 saturated heterocycles. The van der Waals surface area contributed by atoms with E-state index in [4.69, 9.17) is 11.5 Å². The zero-order chi connectivity index (χ0) is 47.3. The van der Waals surface area contributed by atoms with Gasteiger partial charge in [0.1, 0.15) is 48.0 Å². The number of amides is 7. The van der Waals surface area contributed by atoms with E-state index in [-0.39, 0.29) is 44.0 Å². The molecule has 0 aromatic heterocycles. The lowest BCUT2D eigenvalue weighted by atomic mass is 9.98. The van der Waals surface area contributed by atoms with Crippen molar-refractivity contribution >= 4 is 47.3 Å². The molecule has 21 heteroatoms. The maximum absolute atomic E-state index is 13.9. The van der Waals surface area contributed by atoms with Crippen molar-refractivity contribution in [3.05, 3.63) is 29.8 Å². The molecule has 62 heavy (non-hydrogen) atoms. The highest BCUT2D eigenvalue weighted by atomic mass is 16.4. The summed E-state index contributed by atoms with van der Waals surface area (Å²) in [6, 6.07) is -4.18. The van der Waals surface area contributed by atoms with Crippen molar-refractivity contribution in [1.82, 2.24) is 37.2 Å². The summed E-state index contributed by atoms with van der Waals surface area (Å²) in [5.74, 6) is -8.42. The number of carboxylic acids is 1. The minimum atomic E-state index is -1.70. The Morgan fingerprint density at radius 2 is 1.13 bits per heavy atom. The highest BCUT2D eigenvalue weighted by Crippen LogP contribution is 2.14. The number of rotatable bonds is 28. The first-order valence-electron chi connectivity index (χ1n) is 20.9. The molecule has 0 saturated carbocycles. The monoisotopic (exact) mass is 880 g/mol. The second kappa shape index (κ2) is 27.5. The van der Waals surface area contributed by atoms with Gasteiger partial charge in [-0.1, -0.05) is 60.1 Å². The lowest BCUT2D eigenvalue weighted by molar-refractivity contribution is -0.144. The van der Waals surface area contributed by atoms with Crippen LogP contribution >= 0.6 is 0 Å². The summed E-state index contributed by atoms with van der Waals surface area (Å²) in [5, 5.41) is 57.8. The fourth-order valence-corrected chi connectivity index (χ4v) is 6.17. The molecule has 1 aromatic rings. The van der Waals surface area contributed by atoms with E-state index in [0.29, 0.717) is 24.8 Å². The van der Waals surface area contributed by atoms with E-state index in [1.54, 1.807) is 27.7 Å². The smallest absolute Gasteiger partial charge is 0.326 e. The molecule has 0 aliphatic heterocycles. The van der Waals surface area contributed by atoms with Crippen LogP contribution in [0.1, 0.15) is 86.1 Å². The van der Waals surface area contributed by atoms with Crippen molar-refractivity contribution < 1.29 is 58.8 Å². The third kappa shape index (κ3) is 18.7. The number of aromatic hydroxyl groups is 1. The second-order valence-electron chi connectivity index (χ2n) is 16.1. The van der Waals surface area contributed by atoms with Crippen LogP contribution in [0.4, 0.5) is 0 Å². The van der Waals surface area contributed by atoms with Crippen LogP contribution in [0, 0.1) is 17.8 Å². The molecule has 7 amide bonds. The van der Waals surface area contributed by atoms with Crippen LogP contribution in [0.5, 0.6) is 5.75 Å². The highest BCUT2D eigenvalue weighted by molar-refractivity contribution is 5.97. The highest BCUT2D eigenvalue weighted by Gasteiger charge is 2.36. The number of phenols is 1. The van der Waals surface area contributed by atoms with Gasteiger partial charge < -0.3 is 69.1 Å². The average Bonchev–Trinajstić information content (AvgIpc) is 3.21. The van der Waals surface area contributed by atoms with E-state index in [1.807, 2.05) is 13.8 Å². The molecule has 0 bridgehead atoms. The van der Waals surface area contributed by atoms with Crippen LogP contribution in [0.25, 0.3) is 0 Å². The van der Waals surface area contributed by atoms with Gasteiger partial charge in [-0.25, -0.2) is 4.79 Å². The number of aliphatic hydroxyl groups is 2. The molecule has 9 atom stereocenters. The molecule has 0 aliphatic rings. The first-order valence-corrected chi connectivity index (χ1v) is 20.9. The normalized spacial score (nSPS) is 15.6. The third-order valence-corrected chi connectivity index (χ3v) is 10.0. The van der Waals surface area contributed by atoms with E-state index < -0.39 is 114 Å². The Labute approximate surface area is 362 Å². The van der Waals surface area contributed by atoms with Gasteiger partial charge in [0.15, 0.2) is 0 Å². The molecule has 15 N–H and O–H groups in total. The Balaban J connectivity index is 3.40. The minimum absolute atomic E-state index is 0.0324. The predicted molar refractivity (Wildman–Crippen MR) is 227 cm³/mol. The molecule has 0 unspecified atom stereocenters. The number of carbonyl (C=O) groups is 8. The summed E-state index contributed by atoms with van der Waals surface area (Å²) in [4.78, 5) is 106. The molecule has 0 heterocycles. The molecule has 0 spiro atoms. The Morgan fingerprint density at radius 3 is 1.63 bits per heavy atom. The quantitative estimate of drug-likeness (QED) is 0.0391. The Bertz CT molecular complexity index is 1640. The van der Waals surface area contributed by atoms with E-state index >= 15 is 0 Å². The summed E-state index contributed by atoms with van der Waals surface area (Å²) in [5.41, 5.74) is 11.4. The largest absolute Gasteiger partial charge is 0.508 e. The molecular weight excluding hydrogens is 811 g/mol. The zero-order valence-corrected chi connectivity index (χ0v) is 36.7. The topological polar surface area (TPSA) is 354 Å². The number of phenolic OH excluding ortho intramolecular Hbond substituents is 1. The third-order valence-electron chi connectivity index (χ3n) is 10.0. The number of benzene rings is 1. The van der Waals surface area contributed by atoms with Crippen LogP contribution in [0.3, 0.4) is 0 Å². The standard InChI is InChI=1S/C41H69N9O12/c1-8-23(6)33(41(61)62)49-35(55)27(11-9-10-16-42)45-38(58)30(20-51)47-36(56)29(18-25-12-14-26(53)15-13-25)46-40(60)34(24(7)52)50-39(59)32(22(4)5)48-37(57)28(17-21(2)3)44-31(54)19-43/h12-15,21-24,27-30,32-34,51-53H,8-11,16-20,42-43H2,1-7H3,(H,44,54)(H,45,58)(H,46,60)(H,47,56)(H,48,57)(H,49,55)(H,50,59)(H,61,62)/t23-,24+,27-,28-,29-,30-,32-,33-,34-/m0/s1. The second-order valence-corrected chi connectivity index (χ2v) is 16.1. The van der Waals surface area contributed by atoms with Crippen molar-refractivity contribution in [3.63, 3.8) is 0 Å². The van der Waals surface area contributed by atoms with Crippen LogP contribution in [0.2, 0.25) is 0 Å². The van der Waals surface area contributed by atoms with E-state index in [9.17, 15) is 58.8 Å². The fourth-order valence-electron chi connectivity index (χ4n) is 6.17. The Kier molecular flexibility index (Phi) is 24.3. The fraction of sp³-hybridized carbons (Fsp3) is 0.659. The van der Waals surface area contributed by atoms with Crippen LogP contribution in [0.15, 0.2) is 24.3 Å². The van der Waals surface area contributed by atoms with Gasteiger partial charge in [0.2, 0.25) is 41.4 Å². The molecule has 0 radical (unpaired) electrons. The summed E-state index contributed by atoms with van der Waals surface area (Å²) < 4.78 is 0. The SMILES string of the molecule is CC[C@H](C)[C@H](NC(=O)[C@H](CCCCN)NC(=O)[C@H](CO)NC(=O)[C@H](Cc1ccc(O)cc1)NC(=O)[C@@H](NC(=O)[C@@H](NC(=O)[C@H](CC(C)C)NC(=O)CN)C(C)C)[C@@H](C)O)C(=O)O. The summed E-state index contributed by atoms with van der Waals surface area (Å²) in [6.45, 7) is 10.4. The Morgan fingerprint density at radius 1 is 0.629 bits per heavy atom. The maximum atomic E-state index is 13.9. The maximum Gasteiger partial charge on any atom is 0.326 e. The lowest BCUT2D eigenvalue weighted by Crippen LogP contribution is -2.63. The van der Waals surface area contributed by atoms with Crippen molar-refractivity contribution in [2.75, 3.05) is 19.7 Å². The van der Waals surface area contributed by atoms with E-state index in [0.717, 1.165) is 0 Å². The molecule has 0 fully saturated rings. The molecule has 1 aromatic carbocycles. The van der Waals surface area contributed by atoms with Crippen LogP contribution in [-0.4, -0.2) is 136 Å². The van der Waals surface area contributed by atoms with Crippen LogP contribution < -0.4 is 48.7 Å². The van der Waals surface area contributed by atoms with Crippen molar-refractivity contribution in [1.29, 1.82) is 0 Å². The Hall–Kier alpha value is -5.38. The van der Waals surface area contributed by atoms with Gasteiger partial charge in [-0.3, -0.25) is 33.6 Å². The summed E-state index contributed by atoms with van der Waals surface area (Å²) >= 11 is 0. The predicted octanol–water partition coefficient (Wildman–Crippen LogP) is -2.38. The van der Waals surface area contributed by atoms with Gasteiger partial charge in [0.05, 0.1) is 19.3 Å². The van der Waals surface area contributed by atoms with Gasteiger partial charge in [-0.2, -0.15) is 0 Å². The number of carboxylic acid groups (broad SMARTS) is 1. The van der Waals surface area contributed by atoms with Gasteiger partial charge >= 0.3 is 5.97 Å². The number of unbranched alkanes of at least 4 members (excludes halogenated alkanes) is 1. The molecular formula is C41H69N9O12. The van der Waals surface area contributed by atoms with E-state index in [2.05, 4.69) is 37.2 Å². The summed E-state index contributed by atoms with van der Waals surface area (Å²) in [7, 11) is 0. The number of hydrogen-bond acceptors (Lipinski definition) is 13. The van der Waals surface area contributed by atoms with Gasteiger partial charge in [0.25, 0.3) is 0 Å². The van der Waals surface area contributed by atoms with Gasteiger partial charge in [0, 0.05) is 6.42 Å². The van der Waals surface area contributed by atoms with Crippen LogP contribution in [-0.2, 0) is 44.8 Å². The average molecular weight is 880 g/mol.